The van der Waals surface area contributed by atoms with Gasteiger partial charge in [-0.25, -0.2) is 4.98 Å². The van der Waals surface area contributed by atoms with Gasteiger partial charge >= 0.3 is 5.97 Å². The number of aliphatic carboxylic acids is 1. The zero-order valence-corrected chi connectivity index (χ0v) is 11.3. The highest BCUT2D eigenvalue weighted by Crippen LogP contribution is 2.26. The Bertz CT molecular complexity index is 521. The second kappa shape index (κ2) is 6.36. The van der Waals surface area contributed by atoms with Crippen LogP contribution in [0.25, 0.3) is 0 Å². The molecule has 0 radical (unpaired) electrons. The van der Waals surface area contributed by atoms with Gasteiger partial charge in [-0.2, -0.15) is 0 Å². The first-order valence-corrected chi connectivity index (χ1v) is 6.71. The molecule has 0 aromatic carbocycles. The quantitative estimate of drug-likeness (QED) is 0.797. The van der Waals surface area contributed by atoms with Gasteiger partial charge in [0.15, 0.2) is 0 Å². The molecule has 0 unspecified atom stereocenters. The number of hydrogen-bond acceptors (Lipinski definition) is 4. The molecule has 0 bridgehead atoms. The average Bonchev–Trinajstić information content (AvgIpc) is 2.92. The summed E-state index contributed by atoms with van der Waals surface area (Å²) >= 11 is 0. The molecule has 20 heavy (non-hydrogen) atoms. The number of nitrogens with zero attached hydrogens (tertiary/aromatic N) is 1. The van der Waals surface area contributed by atoms with Gasteiger partial charge in [0.1, 0.15) is 5.76 Å². The van der Waals surface area contributed by atoms with Crippen LogP contribution in [0.1, 0.15) is 31.4 Å². The molecule has 108 valence electrons. The predicted molar refractivity (Wildman–Crippen MR) is 70.7 cm³/mol. The first-order valence-electron chi connectivity index (χ1n) is 6.71. The Morgan fingerprint density at radius 3 is 2.70 bits per heavy atom. The smallest absolute Gasteiger partial charge is 0.307 e. The third-order valence-electron chi connectivity index (χ3n) is 3.45. The maximum Gasteiger partial charge on any atom is 0.307 e. The van der Waals surface area contributed by atoms with Crippen LogP contribution in [0.3, 0.4) is 0 Å². The van der Waals surface area contributed by atoms with E-state index in [9.17, 15) is 9.59 Å². The van der Waals surface area contributed by atoms with Crippen molar-refractivity contribution in [2.24, 2.45) is 11.8 Å². The Labute approximate surface area is 116 Å². The zero-order valence-electron chi connectivity index (χ0n) is 11.3. The van der Waals surface area contributed by atoms with Crippen molar-refractivity contribution in [1.29, 1.82) is 0 Å². The first-order chi connectivity index (χ1) is 9.61. The van der Waals surface area contributed by atoms with Crippen molar-refractivity contribution in [3.8, 4) is 0 Å². The predicted octanol–water partition coefficient (Wildman–Crippen LogP) is 1.52. The molecule has 0 fully saturated rings. The second-order valence-corrected chi connectivity index (χ2v) is 4.79. The summed E-state index contributed by atoms with van der Waals surface area (Å²) in [5.74, 6) is -1.18. The summed E-state index contributed by atoms with van der Waals surface area (Å²) in [5, 5.41) is 11.8. The highest BCUT2D eigenvalue weighted by atomic mass is 16.4. The molecular weight excluding hydrogens is 260 g/mol. The van der Waals surface area contributed by atoms with E-state index in [1.807, 2.05) is 19.1 Å². The summed E-state index contributed by atoms with van der Waals surface area (Å²) in [5.41, 5.74) is 0. The number of nitrogens with one attached hydrogen (secondary N) is 1. The summed E-state index contributed by atoms with van der Waals surface area (Å²) in [6, 6.07) is 0. The molecule has 0 aliphatic heterocycles. The van der Waals surface area contributed by atoms with Gasteiger partial charge in [-0.15, -0.1) is 0 Å². The van der Waals surface area contributed by atoms with Crippen LogP contribution < -0.4 is 5.32 Å². The molecule has 2 rings (SSSR count). The van der Waals surface area contributed by atoms with E-state index in [2.05, 4.69) is 10.3 Å². The van der Waals surface area contributed by atoms with Gasteiger partial charge in [-0.05, 0) is 12.8 Å². The Kier molecular flexibility index (Phi) is 4.55. The molecule has 1 aromatic heterocycles. The minimum absolute atomic E-state index is 0.186. The normalized spacial score (nSPS) is 21.6. The largest absolute Gasteiger partial charge is 0.481 e. The first kappa shape index (κ1) is 14.3. The molecule has 0 saturated carbocycles. The number of oxazole rings is 1. The number of carbonyl (C=O) groups is 2. The molecule has 6 heteroatoms. The Morgan fingerprint density at radius 1 is 1.40 bits per heavy atom. The Balaban J connectivity index is 1.93. The monoisotopic (exact) mass is 278 g/mol. The summed E-state index contributed by atoms with van der Waals surface area (Å²) < 4.78 is 5.39. The van der Waals surface area contributed by atoms with Gasteiger partial charge in [0.2, 0.25) is 11.8 Å². The van der Waals surface area contributed by atoms with Gasteiger partial charge in [-0.3, -0.25) is 9.59 Å². The molecule has 0 spiro atoms. The topological polar surface area (TPSA) is 92.4 Å². The molecule has 0 saturated heterocycles. The third-order valence-corrected chi connectivity index (χ3v) is 3.45. The van der Waals surface area contributed by atoms with Gasteiger partial charge in [-0.1, -0.05) is 19.1 Å². The van der Waals surface area contributed by atoms with Crippen molar-refractivity contribution in [3.63, 3.8) is 0 Å². The van der Waals surface area contributed by atoms with Gasteiger partial charge in [0.05, 0.1) is 24.6 Å². The van der Waals surface area contributed by atoms with Gasteiger partial charge < -0.3 is 14.8 Å². The molecule has 1 amide bonds. The molecule has 2 N–H and O–H groups in total. The van der Waals surface area contributed by atoms with E-state index in [1.165, 1.54) is 0 Å². The van der Waals surface area contributed by atoms with Crippen molar-refractivity contribution < 1.29 is 19.1 Å². The minimum atomic E-state index is -0.932. The number of carboxylic acids is 1. The van der Waals surface area contributed by atoms with Crippen molar-refractivity contribution in [2.45, 2.75) is 32.7 Å². The number of rotatable bonds is 5. The molecule has 1 aliphatic rings. The van der Waals surface area contributed by atoms with Crippen LogP contribution in [-0.2, 0) is 22.6 Å². The number of carbonyl (C=O) groups excluding carboxylic acids is 1. The third kappa shape index (κ3) is 3.26. The maximum absolute atomic E-state index is 12.1. The number of amides is 1. The number of aryl methyl sites for hydroxylation is 1. The van der Waals surface area contributed by atoms with E-state index < -0.39 is 17.8 Å². The highest BCUT2D eigenvalue weighted by molar-refractivity contribution is 5.85. The van der Waals surface area contributed by atoms with Crippen molar-refractivity contribution >= 4 is 11.9 Å². The highest BCUT2D eigenvalue weighted by Gasteiger charge is 2.33. The summed E-state index contributed by atoms with van der Waals surface area (Å²) in [6.45, 7) is 2.14. The number of carboxylic acid groups (broad SMARTS) is 1. The lowest BCUT2D eigenvalue weighted by Crippen LogP contribution is -2.38. The second-order valence-electron chi connectivity index (χ2n) is 4.79. The number of aromatic nitrogens is 1. The van der Waals surface area contributed by atoms with Crippen LogP contribution in [0, 0.1) is 11.8 Å². The zero-order chi connectivity index (χ0) is 14.5. The minimum Gasteiger partial charge on any atom is -0.481 e. The van der Waals surface area contributed by atoms with Crippen LogP contribution >= 0.6 is 0 Å². The fourth-order valence-electron chi connectivity index (χ4n) is 2.26. The SMILES string of the molecule is CCc1cnc(CNC(=O)[C@@H]2CC=CC[C@@H]2C(=O)O)o1. The standard InChI is InChI=1S/C14H18N2O4/c1-2-9-7-15-12(20-9)8-16-13(17)10-5-3-4-6-11(10)14(18)19/h3-4,7,10-11H,2,5-6,8H2,1H3,(H,16,17)(H,18,19)/t10-,11+/m1/s1. The van der Waals surface area contributed by atoms with E-state index in [-0.39, 0.29) is 12.5 Å². The Hall–Kier alpha value is -2.11. The summed E-state index contributed by atoms with van der Waals surface area (Å²) in [7, 11) is 0. The maximum atomic E-state index is 12.1. The lowest BCUT2D eigenvalue weighted by Gasteiger charge is -2.23. The van der Waals surface area contributed by atoms with Gasteiger partial charge in [0, 0.05) is 6.42 Å². The lowest BCUT2D eigenvalue weighted by molar-refractivity contribution is -0.147. The Morgan fingerprint density at radius 2 is 2.10 bits per heavy atom. The van der Waals surface area contributed by atoms with Crippen molar-refractivity contribution in [2.75, 3.05) is 0 Å². The summed E-state index contributed by atoms with van der Waals surface area (Å²) in [6.07, 6.45) is 6.88. The van der Waals surface area contributed by atoms with Crippen LogP contribution in [-0.4, -0.2) is 22.0 Å². The van der Waals surface area contributed by atoms with E-state index in [4.69, 9.17) is 9.52 Å². The molecule has 1 heterocycles. The van der Waals surface area contributed by atoms with Crippen LogP contribution in [0.4, 0.5) is 0 Å². The van der Waals surface area contributed by atoms with Crippen LogP contribution in [0.15, 0.2) is 22.8 Å². The van der Waals surface area contributed by atoms with Crippen LogP contribution in [0.2, 0.25) is 0 Å². The fourth-order valence-corrected chi connectivity index (χ4v) is 2.26. The van der Waals surface area contributed by atoms with E-state index in [0.29, 0.717) is 18.7 Å². The molecule has 2 atom stereocenters. The van der Waals surface area contributed by atoms with E-state index in [0.717, 1.165) is 12.2 Å². The van der Waals surface area contributed by atoms with Crippen LogP contribution in [0.5, 0.6) is 0 Å². The lowest BCUT2D eigenvalue weighted by atomic mass is 9.82. The molecule has 6 nitrogen and oxygen atoms in total. The average molecular weight is 278 g/mol. The number of hydrogen-bond donors (Lipinski definition) is 2. The molecule has 1 aliphatic carbocycles. The summed E-state index contributed by atoms with van der Waals surface area (Å²) in [4.78, 5) is 27.3. The van der Waals surface area contributed by atoms with Crippen molar-refractivity contribution in [1.82, 2.24) is 10.3 Å². The molecule has 1 aromatic rings. The number of allylic oxidation sites excluding steroid dienone is 2. The van der Waals surface area contributed by atoms with E-state index in [1.54, 1.807) is 6.20 Å². The van der Waals surface area contributed by atoms with E-state index >= 15 is 0 Å². The molecular formula is C14H18N2O4. The van der Waals surface area contributed by atoms with Crippen molar-refractivity contribution in [3.05, 3.63) is 30.0 Å². The fraction of sp³-hybridized carbons (Fsp3) is 0.500. The van der Waals surface area contributed by atoms with Gasteiger partial charge in [0.25, 0.3) is 0 Å².